The van der Waals surface area contributed by atoms with E-state index < -0.39 is 11.0 Å². The molecule has 274 valence electrons. The van der Waals surface area contributed by atoms with Crippen LogP contribution in [0.2, 0.25) is 0 Å². The Kier molecular flexibility index (Phi) is 20.9. The lowest BCUT2D eigenvalue weighted by Crippen LogP contribution is -2.52. The van der Waals surface area contributed by atoms with Gasteiger partial charge in [0.15, 0.2) is 0 Å². The van der Waals surface area contributed by atoms with Gasteiger partial charge in [-0.3, -0.25) is 14.4 Å². The molecule has 6 heteroatoms. The van der Waals surface area contributed by atoms with E-state index in [-0.39, 0.29) is 24.0 Å². The first-order valence-electron chi connectivity index (χ1n) is 18.8. The third-order valence-corrected chi connectivity index (χ3v) is 10.6. The molecule has 0 radical (unpaired) electrons. The standard InChI is InChI=1S/C42H70O6/c1-10-11-12-13-14-15-16-24-40(45)47-30-19-23-38-37(35(6)31-43)27-29-42(9,46)41(38,8)28-18-22-34(5)39(48-36(7)44)26-25-33(4)21-17-20-32(2)3/h20,22,25,31,38-39,46H,10-19,21,23-24,26-30H2,1-9H3/b33-25+,34-22+,37-35-/t38-,39+,41-,42-/m0/s1. The van der Waals surface area contributed by atoms with E-state index in [1.54, 1.807) is 0 Å². The molecular weight excluding hydrogens is 600 g/mol. The largest absolute Gasteiger partial charge is 0.466 e. The Morgan fingerprint density at radius 1 is 0.896 bits per heavy atom. The minimum absolute atomic E-state index is 0.0161. The predicted molar refractivity (Wildman–Crippen MR) is 199 cm³/mol. The summed E-state index contributed by atoms with van der Waals surface area (Å²) in [5.41, 5.74) is 4.02. The number of hydrogen-bond acceptors (Lipinski definition) is 6. The van der Waals surface area contributed by atoms with Gasteiger partial charge in [-0.05, 0) is 116 Å². The fourth-order valence-electron chi connectivity index (χ4n) is 7.11. The van der Waals surface area contributed by atoms with Crippen molar-refractivity contribution in [1.29, 1.82) is 0 Å². The SMILES string of the molecule is CCCCCCCCCC(=O)OCCC[C@H]1/C(=C(/C)C=O)CC[C@](C)(O)[C@@]1(C)CC/C=C(\C)[C@@H](C/C=C(\C)CCC=C(C)C)OC(C)=O. The Bertz CT molecular complexity index is 1120. The van der Waals surface area contributed by atoms with Crippen molar-refractivity contribution in [2.24, 2.45) is 11.3 Å². The molecular formula is C42H70O6. The molecule has 1 N–H and O–H groups in total. The highest BCUT2D eigenvalue weighted by molar-refractivity contribution is 5.74. The van der Waals surface area contributed by atoms with Gasteiger partial charge in [0.05, 0.1) is 12.2 Å². The van der Waals surface area contributed by atoms with Crippen LogP contribution in [0, 0.1) is 11.3 Å². The molecule has 0 unspecified atom stereocenters. The van der Waals surface area contributed by atoms with E-state index in [4.69, 9.17) is 9.47 Å². The van der Waals surface area contributed by atoms with Crippen LogP contribution >= 0.6 is 0 Å². The van der Waals surface area contributed by atoms with E-state index in [0.717, 1.165) is 55.1 Å². The van der Waals surface area contributed by atoms with Gasteiger partial charge in [0.25, 0.3) is 0 Å². The van der Waals surface area contributed by atoms with Gasteiger partial charge in [0, 0.05) is 25.2 Å². The van der Waals surface area contributed by atoms with Gasteiger partial charge >= 0.3 is 11.9 Å². The zero-order chi connectivity index (χ0) is 36.2. The van der Waals surface area contributed by atoms with Crippen LogP contribution in [0.4, 0.5) is 0 Å². The number of allylic oxidation sites excluding steroid dienone is 6. The number of esters is 2. The molecule has 0 saturated heterocycles. The lowest BCUT2D eigenvalue weighted by molar-refractivity contribution is -0.145. The zero-order valence-electron chi connectivity index (χ0n) is 32.2. The fourth-order valence-corrected chi connectivity index (χ4v) is 7.11. The Labute approximate surface area is 293 Å². The first kappa shape index (κ1) is 43.6. The average molecular weight is 671 g/mol. The highest BCUT2D eigenvalue weighted by Crippen LogP contribution is 2.55. The van der Waals surface area contributed by atoms with Crippen LogP contribution in [0.1, 0.15) is 171 Å². The minimum Gasteiger partial charge on any atom is -0.466 e. The molecule has 0 heterocycles. The van der Waals surface area contributed by atoms with Gasteiger partial charge in [-0.25, -0.2) is 0 Å². The minimum atomic E-state index is -0.930. The van der Waals surface area contributed by atoms with Gasteiger partial charge in [-0.1, -0.05) is 87.3 Å². The molecule has 0 aliphatic heterocycles. The van der Waals surface area contributed by atoms with Crippen LogP contribution in [0.5, 0.6) is 0 Å². The van der Waals surface area contributed by atoms with Gasteiger partial charge in [-0.2, -0.15) is 0 Å². The second-order valence-electron chi connectivity index (χ2n) is 15.0. The van der Waals surface area contributed by atoms with Crippen LogP contribution in [0.25, 0.3) is 0 Å². The molecule has 0 aromatic rings. The van der Waals surface area contributed by atoms with Crippen molar-refractivity contribution in [2.75, 3.05) is 6.61 Å². The van der Waals surface area contributed by atoms with E-state index in [9.17, 15) is 19.5 Å². The average Bonchev–Trinajstić information content (AvgIpc) is 3.02. The molecule has 1 aliphatic carbocycles. The molecule has 1 rings (SSSR count). The number of hydrogen-bond donors (Lipinski definition) is 1. The lowest BCUT2D eigenvalue weighted by Gasteiger charge is -2.53. The van der Waals surface area contributed by atoms with Crippen molar-refractivity contribution < 1.29 is 29.0 Å². The van der Waals surface area contributed by atoms with E-state index in [1.165, 1.54) is 50.2 Å². The van der Waals surface area contributed by atoms with Crippen LogP contribution in [-0.4, -0.2) is 41.6 Å². The summed E-state index contributed by atoms with van der Waals surface area (Å²) in [6.45, 7) is 18.3. The molecule has 1 saturated carbocycles. The smallest absolute Gasteiger partial charge is 0.305 e. The number of ether oxygens (including phenoxy) is 2. The highest BCUT2D eigenvalue weighted by Gasteiger charge is 2.52. The molecule has 4 atom stereocenters. The van der Waals surface area contributed by atoms with E-state index in [1.807, 2.05) is 20.8 Å². The van der Waals surface area contributed by atoms with Crippen molar-refractivity contribution in [3.8, 4) is 0 Å². The normalized spacial score (nSPS) is 23.3. The molecule has 1 fully saturated rings. The molecule has 0 aromatic carbocycles. The highest BCUT2D eigenvalue weighted by atomic mass is 16.5. The van der Waals surface area contributed by atoms with Crippen LogP contribution in [0.3, 0.4) is 0 Å². The number of rotatable bonds is 23. The summed E-state index contributed by atoms with van der Waals surface area (Å²) in [5.74, 6) is -0.451. The maximum atomic E-state index is 12.4. The Balaban J connectivity index is 2.96. The first-order chi connectivity index (χ1) is 22.7. The Hall–Kier alpha value is -2.47. The van der Waals surface area contributed by atoms with Crippen LogP contribution in [0.15, 0.2) is 46.1 Å². The molecule has 1 aliphatic rings. The number of unbranched alkanes of at least 4 members (excludes halogenated alkanes) is 6. The van der Waals surface area contributed by atoms with E-state index >= 15 is 0 Å². The number of aliphatic hydroxyl groups is 1. The van der Waals surface area contributed by atoms with Gasteiger partial charge in [-0.15, -0.1) is 0 Å². The number of aldehydes is 1. The van der Waals surface area contributed by atoms with Crippen LogP contribution < -0.4 is 0 Å². The summed E-state index contributed by atoms with van der Waals surface area (Å²) < 4.78 is 11.3. The Morgan fingerprint density at radius 2 is 1.56 bits per heavy atom. The number of carbonyl (C=O) groups excluding carboxylic acids is 3. The topological polar surface area (TPSA) is 89.9 Å². The summed E-state index contributed by atoms with van der Waals surface area (Å²) >= 11 is 0. The van der Waals surface area contributed by atoms with E-state index in [0.29, 0.717) is 51.6 Å². The van der Waals surface area contributed by atoms with Crippen molar-refractivity contribution in [2.45, 2.75) is 183 Å². The quantitative estimate of drug-likeness (QED) is 0.0382. The molecule has 0 bridgehead atoms. The maximum absolute atomic E-state index is 12.4. The summed E-state index contributed by atoms with van der Waals surface area (Å²) in [7, 11) is 0. The summed E-state index contributed by atoms with van der Waals surface area (Å²) in [4.78, 5) is 36.3. The predicted octanol–water partition coefficient (Wildman–Crippen LogP) is 10.9. The van der Waals surface area contributed by atoms with Gasteiger partial charge in [0.2, 0.25) is 0 Å². The maximum Gasteiger partial charge on any atom is 0.305 e. The fraction of sp³-hybridized carbons (Fsp3) is 0.738. The van der Waals surface area contributed by atoms with Crippen LogP contribution in [-0.2, 0) is 23.9 Å². The second-order valence-corrected chi connectivity index (χ2v) is 15.0. The monoisotopic (exact) mass is 671 g/mol. The molecule has 0 amide bonds. The molecule has 48 heavy (non-hydrogen) atoms. The van der Waals surface area contributed by atoms with Crippen molar-refractivity contribution >= 4 is 18.2 Å². The molecule has 0 aromatic heterocycles. The first-order valence-corrected chi connectivity index (χ1v) is 18.8. The third kappa shape index (κ3) is 15.8. The van der Waals surface area contributed by atoms with Crippen molar-refractivity contribution in [3.05, 3.63) is 46.1 Å². The summed E-state index contributed by atoms with van der Waals surface area (Å²) in [5, 5.41) is 11.8. The summed E-state index contributed by atoms with van der Waals surface area (Å²) in [6, 6.07) is 0. The van der Waals surface area contributed by atoms with Crippen molar-refractivity contribution in [1.82, 2.24) is 0 Å². The van der Waals surface area contributed by atoms with E-state index in [2.05, 4.69) is 52.8 Å². The molecule has 6 nitrogen and oxygen atoms in total. The zero-order valence-corrected chi connectivity index (χ0v) is 32.2. The van der Waals surface area contributed by atoms with Crippen molar-refractivity contribution in [3.63, 3.8) is 0 Å². The van der Waals surface area contributed by atoms with Gasteiger partial charge < -0.3 is 14.6 Å². The summed E-state index contributed by atoms with van der Waals surface area (Å²) in [6.07, 6.45) is 22.5. The lowest BCUT2D eigenvalue weighted by atomic mass is 9.54. The number of carbonyl (C=O) groups is 3. The Morgan fingerprint density at radius 3 is 2.19 bits per heavy atom. The van der Waals surface area contributed by atoms with Gasteiger partial charge in [0.1, 0.15) is 12.4 Å². The molecule has 0 spiro atoms. The third-order valence-electron chi connectivity index (χ3n) is 10.6. The second kappa shape index (κ2) is 23.0.